The second-order valence-electron chi connectivity index (χ2n) is 27.8. The fourth-order valence-corrected chi connectivity index (χ4v) is 17.8. The van der Waals surface area contributed by atoms with E-state index in [9.17, 15) is 24.0 Å². The van der Waals surface area contributed by atoms with Gasteiger partial charge in [-0.2, -0.15) is 0 Å². The molecule has 460 valence electrons. The maximum absolute atomic E-state index is 14.4. The van der Waals surface area contributed by atoms with E-state index in [1.54, 1.807) is 0 Å². The minimum atomic E-state index is -1.67. The van der Waals surface area contributed by atoms with Gasteiger partial charge < -0.3 is 52.1 Å². The molecule has 0 aromatic rings. The Morgan fingerprint density at radius 1 is 0.439 bits per heavy atom. The zero-order valence-electron chi connectivity index (χ0n) is 49.3. The first kappa shape index (κ1) is 59.2. The average molecular weight is 1160 g/mol. The average Bonchev–Trinajstić information content (AvgIpc) is 1.57. The molecule has 15 aliphatic rings. The number of rotatable bonds is 18. The number of fused-ring (bicyclic) bond motifs is 6. The molecule has 3 aliphatic carbocycles. The number of hydrogen-bond donors (Lipinski definition) is 0. The summed E-state index contributed by atoms with van der Waals surface area (Å²) in [6.45, 7) is 16.2. The van der Waals surface area contributed by atoms with Gasteiger partial charge in [-0.05, 0) is 132 Å². The van der Waals surface area contributed by atoms with Crippen molar-refractivity contribution in [1.29, 1.82) is 0 Å². The van der Waals surface area contributed by atoms with Crippen LogP contribution in [-0.4, -0.2) is 135 Å². The van der Waals surface area contributed by atoms with Gasteiger partial charge in [-0.15, -0.1) is 0 Å². The van der Waals surface area contributed by atoms with Crippen molar-refractivity contribution in [2.45, 2.75) is 236 Å². The highest BCUT2D eigenvalue weighted by molar-refractivity contribution is 5.72. The summed E-state index contributed by atoms with van der Waals surface area (Å²) >= 11 is 0. The normalized spacial score (nSPS) is 49.2. The van der Waals surface area contributed by atoms with E-state index in [0.29, 0.717) is 37.0 Å². The summed E-state index contributed by atoms with van der Waals surface area (Å²) in [5, 5.41) is 0. The molecule has 0 aromatic heterocycles. The third kappa shape index (κ3) is 10.1. The molecule has 15 fully saturated rings. The van der Waals surface area contributed by atoms with Crippen molar-refractivity contribution in [1.82, 2.24) is 0 Å². The Kier molecular flexibility index (Phi) is 16.1. The van der Waals surface area contributed by atoms with Gasteiger partial charge in [-0.3, -0.25) is 24.0 Å². The maximum atomic E-state index is 14.4. The Hall–Kier alpha value is -3.13. The van der Waals surface area contributed by atoms with Crippen LogP contribution in [0.2, 0.25) is 0 Å². The molecule has 3 spiro atoms. The van der Waals surface area contributed by atoms with Crippen molar-refractivity contribution in [2.75, 3.05) is 33.0 Å². The van der Waals surface area contributed by atoms with Crippen LogP contribution >= 0.6 is 0 Å². The van der Waals surface area contributed by atoms with E-state index in [1.807, 2.05) is 20.8 Å². The number of carbonyl (C=O) groups excluding carboxylic acids is 5. The highest BCUT2D eigenvalue weighted by Gasteiger charge is 2.72. The number of carbonyl (C=O) groups is 5. The molecule has 0 amide bonds. The van der Waals surface area contributed by atoms with Gasteiger partial charge in [0, 0.05) is 37.0 Å². The Morgan fingerprint density at radius 3 is 1.07 bits per heavy atom. The van der Waals surface area contributed by atoms with Crippen LogP contribution in [0.1, 0.15) is 165 Å². The largest absolute Gasteiger partial charge is 0.467 e. The van der Waals surface area contributed by atoms with Crippen molar-refractivity contribution < 1.29 is 105 Å². The van der Waals surface area contributed by atoms with E-state index in [-0.39, 0.29) is 92.0 Å². The first-order chi connectivity index (χ1) is 39.1. The van der Waals surface area contributed by atoms with Gasteiger partial charge in [0.15, 0.2) is 35.7 Å². The Bertz CT molecular complexity index is 2180. The van der Waals surface area contributed by atoms with Crippen LogP contribution < -0.4 is 0 Å². The van der Waals surface area contributed by atoms with Gasteiger partial charge in [-0.25, -0.2) is 29.3 Å². The maximum Gasteiger partial charge on any atom is 0.309 e. The molecule has 15 rings (SSSR count). The minimum absolute atomic E-state index is 0.0520. The van der Waals surface area contributed by atoms with Crippen molar-refractivity contribution in [3.8, 4) is 0 Å². The second kappa shape index (κ2) is 22.2. The summed E-state index contributed by atoms with van der Waals surface area (Å²) in [7, 11) is 0. The Balaban J connectivity index is 0.784. The minimum Gasteiger partial charge on any atom is -0.467 e. The predicted molar refractivity (Wildman–Crippen MR) is 277 cm³/mol. The monoisotopic (exact) mass is 1160 g/mol. The molecule has 82 heavy (non-hydrogen) atoms. The topological polar surface area (TPSA) is 242 Å². The fourth-order valence-electron chi connectivity index (χ4n) is 17.8. The van der Waals surface area contributed by atoms with E-state index in [4.69, 9.17) is 81.4 Å². The first-order valence-electron chi connectivity index (χ1n) is 30.9. The van der Waals surface area contributed by atoms with Gasteiger partial charge in [0.2, 0.25) is 17.4 Å². The molecule has 22 heteroatoms. The van der Waals surface area contributed by atoms with E-state index < -0.39 is 127 Å². The Morgan fingerprint density at radius 2 is 0.756 bits per heavy atom. The Labute approximate surface area is 480 Å². The number of esters is 4. The fraction of sp³-hybridized carbons (Fsp3) is 0.917. The molecule has 0 aromatic carbocycles. The van der Waals surface area contributed by atoms with Crippen LogP contribution in [0.3, 0.4) is 0 Å². The highest BCUT2D eigenvalue weighted by atomic mass is 17.3. The van der Waals surface area contributed by atoms with Gasteiger partial charge in [0.1, 0.15) is 38.4 Å². The van der Waals surface area contributed by atoms with Crippen LogP contribution in [0.4, 0.5) is 0 Å². The van der Waals surface area contributed by atoms with Crippen LogP contribution in [0.5, 0.6) is 0 Å². The lowest BCUT2D eigenvalue weighted by Crippen LogP contribution is -2.70. The van der Waals surface area contributed by atoms with Gasteiger partial charge in [0.25, 0.3) is 6.47 Å². The molecule has 6 bridgehead atoms. The highest BCUT2D eigenvalue weighted by Crippen LogP contribution is 2.64. The first-order valence-corrected chi connectivity index (χ1v) is 30.9. The second-order valence-corrected chi connectivity index (χ2v) is 27.8. The molecule has 0 N–H and O–H groups in total. The third-order valence-electron chi connectivity index (χ3n) is 22.6. The smallest absolute Gasteiger partial charge is 0.309 e. The lowest BCUT2D eigenvalue weighted by molar-refractivity contribution is -0.571. The zero-order chi connectivity index (χ0) is 57.8. The van der Waals surface area contributed by atoms with Crippen LogP contribution in [-0.2, 0) is 105 Å². The molecule has 12 heterocycles. The van der Waals surface area contributed by atoms with Gasteiger partial charge in [-0.1, -0.05) is 41.5 Å². The van der Waals surface area contributed by atoms with Crippen LogP contribution in [0, 0.1) is 76.4 Å². The molecule has 0 radical (unpaired) electrons. The summed E-state index contributed by atoms with van der Waals surface area (Å²) in [6.07, 6.45) is 4.61. The lowest BCUT2D eigenvalue weighted by atomic mass is 9.57. The summed E-state index contributed by atoms with van der Waals surface area (Å²) in [5.74, 6) is -5.12. The predicted octanol–water partition coefficient (Wildman–Crippen LogP) is 7.63. The molecule has 24 atom stereocenters. The summed E-state index contributed by atoms with van der Waals surface area (Å²) in [6, 6.07) is 0. The third-order valence-corrected chi connectivity index (χ3v) is 22.6. The van der Waals surface area contributed by atoms with Gasteiger partial charge >= 0.3 is 23.9 Å². The van der Waals surface area contributed by atoms with E-state index >= 15 is 0 Å². The number of hydrogen-bond acceptors (Lipinski definition) is 22. The molecular weight excluding hydrogens is 1070 g/mol. The molecule has 12 aliphatic heterocycles. The molecular formula is C60H88O22. The number of ether oxygens (including phenoxy) is 11. The van der Waals surface area contributed by atoms with Crippen molar-refractivity contribution in [3.05, 3.63) is 0 Å². The molecule has 3 unspecified atom stereocenters. The van der Waals surface area contributed by atoms with E-state index in [0.717, 1.165) is 57.8 Å². The van der Waals surface area contributed by atoms with E-state index in [1.165, 1.54) is 0 Å². The summed E-state index contributed by atoms with van der Waals surface area (Å²) in [5.41, 5.74) is -4.21. The molecule has 22 nitrogen and oxygen atoms in total. The standard InChI is InChI=1S/C60H88O22/c1-32-10-13-41-35(4)44(71-51-58(41)38(32)16-20-54(7,74-51)77-80-58)24-48(63)68-28-57(27-67-47(62)19-23-66-31-61,29-69-49(64)25-45-36(5)42-14-11-33(2)39-17-21-55(8)75-52(72-45)59(39,42)81-78-55)30-70-50(65)26-46-37(6)43-15-12-34(3)40-18-22-56(9)76-53(73-46)60(40,43)82-79-56/h31-46,51-53H,10-30H2,1-9H3/t32-,33-,34-,35-,36-,37-,38+,39+,40+,41+,42+,43+,44?,45?,46?,51-,52-,53-,54+,55+,56+,57?,58-,59-,60-/m1/s1. The quantitative estimate of drug-likeness (QED) is 0.0421. The SMILES string of the molecule is C[C@@H]1CC[C@H]2[C@@H](C)C(CC(=O)OCC(COC(=O)CCOC=O)(COC(=O)CC3O[C@@H]4O[C@]5(C)CC[C@H]6[C@H](C)CC[C@@H]([C@H]3C)[C@@]46OO5)COC(=O)CC3O[C@@H]4O[C@]5(C)CC[C@H]6[C@H](C)CC[C@@H]([C@H]3C)[C@@]46OO5)O[C@@H]3O[C@]4(C)CC[C@@H]1[C@]32OO4. The summed E-state index contributed by atoms with van der Waals surface area (Å²) < 4.78 is 69.1. The molecule has 12 saturated heterocycles. The zero-order valence-corrected chi connectivity index (χ0v) is 49.3. The van der Waals surface area contributed by atoms with Crippen LogP contribution in [0.15, 0.2) is 0 Å². The van der Waals surface area contributed by atoms with Crippen molar-refractivity contribution in [3.63, 3.8) is 0 Å². The van der Waals surface area contributed by atoms with Crippen molar-refractivity contribution >= 4 is 30.3 Å². The van der Waals surface area contributed by atoms with Gasteiger partial charge in [0.05, 0.1) is 44.0 Å². The van der Waals surface area contributed by atoms with E-state index in [2.05, 4.69) is 41.5 Å². The van der Waals surface area contributed by atoms with Crippen molar-refractivity contribution in [2.24, 2.45) is 76.4 Å². The lowest BCUT2D eigenvalue weighted by Gasteiger charge is -2.60. The summed E-state index contributed by atoms with van der Waals surface area (Å²) in [4.78, 5) is 105. The van der Waals surface area contributed by atoms with Crippen LogP contribution in [0.25, 0.3) is 0 Å². The molecule has 3 saturated carbocycles.